The van der Waals surface area contributed by atoms with Crippen LogP contribution in [0.15, 0.2) is 255 Å². The lowest BCUT2D eigenvalue weighted by molar-refractivity contribution is 1.18. The Labute approximate surface area is 395 Å². The largest absolute Gasteiger partial charge is 0.228 e. The highest BCUT2D eigenvalue weighted by Crippen LogP contribution is 2.47. The molecule has 68 heavy (non-hydrogen) atoms. The zero-order chi connectivity index (χ0) is 45.0. The highest BCUT2D eigenvalue weighted by Gasteiger charge is 2.19. The Bertz CT molecular complexity index is 4060. The van der Waals surface area contributed by atoms with Gasteiger partial charge in [-0.05, 0) is 129 Å². The minimum atomic E-state index is 0.702. The van der Waals surface area contributed by atoms with Crippen LogP contribution in [0.2, 0.25) is 0 Å². The Morgan fingerprint density at radius 2 is 0.662 bits per heavy atom. The van der Waals surface area contributed by atoms with Gasteiger partial charge in [0, 0.05) is 16.7 Å². The van der Waals surface area contributed by atoms with Crippen LogP contribution in [0.4, 0.5) is 0 Å². The monoisotopic (exact) mass is 862 g/mol. The Balaban J connectivity index is 0.870. The van der Waals surface area contributed by atoms with E-state index in [1.807, 2.05) is 18.2 Å². The van der Waals surface area contributed by atoms with Crippen LogP contribution in [0.25, 0.3) is 132 Å². The van der Waals surface area contributed by atoms with E-state index >= 15 is 0 Å². The van der Waals surface area contributed by atoms with Crippen LogP contribution in [-0.4, -0.2) is 9.97 Å². The van der Waals surface area contributed by atoms with Gasteiger partial charge in [0.05, 0.1) is 11.4 Å². The molecular weight excluding hydrogens is 821 g/mol. The molecule has 1 aromatic heterocycles. The maximum atomic E-state index is 5.15. The van der Waals surface area contributed by atoms with Crippen molar-refractivity contribution in [3.05, 3.63) is 255 Å². The molecule has 0 fully saturated rings. The van der Waals surface area contributed by atoms with Crippen molar-refractivity contribution < 1.29 is 0 Å². The predicted octanol–water partition coefficient (Wildman–Crippen LogP) is 17.9. The summed E-state index contributed by atoms with van der Waals surface area (Å²) in [5.74, 6) is 0.702. The number of hydrogen-bond acceptors (Lipinski definition) is 2. The average molecular weight is 863 g/mol. The van der Waals surface area contributed by atoms with E-state index in [0.29, 0.717) is 5.82 Å². The Morgan fingerprint density at radius 3 is 1.40 bits per heavy atom. The van der Waals surface area contributed by atoms with Gasteiger partial charge in [0.25, 0.3) is 0 Å². The maximum absolute atomic E-state index is 5.15. The third kappa shape index (κ3) is 6.99. The molecule has 13 aromatic rings. The summed E-state index contributed by atoms with van der Waals surface area (Å²) >= 11 is 0. The zero-order valence-corrected chi connectivity index (χ0v) is 37.1. The summed E-state index contributed by atoms with van der Waals surface area (Å²) in [5, 5.41) is 12.5. The lowest BCUT2D eigenvalue weighted by Crippen LogP contribution is -1.96. The van der Waals surface area contributed by atoms with E-state index in [-0.39, 0.29) is 0 Å². The number of aromatic nitrogens is 2. The normalized spacial score (nSPS) is 11.5. The van der Waals surface area contributed by atoms with Gasteiger partial charge < -0.3 is 0 Å². The summed E-state index contributed by atoms with van der Waals surface area (Å²) < 4.78 is 0. The topological polar surface area (TPSA) is 25.8 Å². The fourth-order valence-electron chi connectivity index (χ4n) is 10.3. The van der Waals surface area contributed by atoms with Gasteiger partial charge in [-0.15, -0.1) is 0 Å². The molecule has 0 unspecified atom stereocenters. The quantitative estimate of drug-likeness (QED) is 0.118. The van der Waals surface area contributed by atoms with Crippen LogP contribution in [0, 0.1) is 0 Å². The molecule has 0 saturated carbocycles. The van der Waals surface area contributed by atoms with Gasteiger partial charge in [-0.3, -0.25) is 0 Å². The molecule has 0 aliphatic carbocycles. The molecular formula is C66H42N2. The van der Waals surface area contributed by atoms with Crippen molar-refractivity contribution in [2.24, 2.45) is 0 Å². The molecule has 13 rings (SSSR count). The molecule has 0 aliphatic heterocycles. The van der Waals surface area contributed by atoms with E-state index < -0.39 is 0 Å². The van der Waals surface area contributed by atoms with Crippen molar-refractivity contribution in [3.8, 4) is 78.4 Å². The first-order valence-electron chi connectivity index (χ1n) is 23.3. The van der Waals surface area contributed by atoms with Crippen molar-refractivity contribution in [3.63, 3.8) is 0 Å². The van der Waals surface area contributed by atoms with E-state index in [1.165, 1.54) is 87.2 Å². The summed E-state index contributed by atoms with van der Waals surface area (Å²) in [6.07, 6.45) is 0. The second-order valence-electron chi connectivity index (χ2n) is 17.7. The van der Waals surface area contributed by atoms with Gasteiger partial charge in [0.15, 0.2) is 5.82 Å². The van der Waals surface area contributed by atoms with E-state index in [2.05, 4.69) is 237 Å². The molecule has 0 amide bonds. The minimum Gasteiger partial charge on any atom is -0.228 e. The summed E-state index contributed by atoms with van der Waals surface area (Å²) in [6.45, 7) is 0. The average Bonchev–Trinajstić information content (AvgIpc) is 3.42. The van der Waals surface area contributed by atoms with Crippen LogP contribution in [-0.2, 0) is 0 Å². The Morgan fingerprint density at radius 1 is 0.206 bits per heavy atom. The lowest BCUT2D eigenvalue weighted by atomic mass is 9.83. The Kier molecular flexibility index (Phi) is 9.54. The first-order valence-corrected chi connectivity index (χ1v) is 23.3. The molecule has 0 radical (unpaired) electrons. The van der Waals surface area contributed by atoms with E-state index in [0.717, 1.165) is 39.2 Å². The standard InChI is InChI=1S/C66H42N2/c1-3-16-47(17-4-1)63-58-24-11-12-25-59(58)64(65-57-23-10-9-15-45(57)36-37-60(63)65)56-35-34-53-39-51(32-33-54(53)41-56)44-26-29-46(30-27-44)61-42-62(68-66(67-61)48-18-5-2-6-19-48)55-22-13-21-50(40-55)52-31-28-43-14-7-8-20-49(43)38-52/h1-42H. The first-order chi connectivity index (χ1) is 33.7. The van der Waals surface area contributed by atoms with Crippen molar-refractivity contribution in [2.75, 3.05) is 0 Å². The van der Waals surface area contributed by atoms with E-state index in [4.69, 9.17) is 9.97 Å². The number of hydrogen-bond donors (Lipinski definition) is 0. The van der Waals surface area contributed by atoms with E-state index in [1.54, 1.807) is 0 Å². The molecule has 2 nitrogen and oxygen atoms in total. The molecule has 0 atom stereocenters. The summed E-state index contributed by atoms with van der Waals surface area (Å²) in [7, 11) is 0. The molecule has 0 aliphatic rings. The number of rotatable bonds is 7. The highest BCUT2D eigenvalue weighted by atomic mass is 14.9. The molecule has 316 valence electrons. The third-order valence-corrected chi connectivity index (χ3v) is 13.6. The van der Waals surface area contributed by atoms with Crippen LogP contribution >= 0.6 is 0 Å². The predicted molar refractivity (Wildman–Crippen MR) is 288 cm³/mol. The summed E-state index contributed by atoms with van der Waals surface area (Å²) in [5.41, 5.74) is 14.5. The minimum absolute atomic E-state index is 0.702. The maximum Gasteiger partial charge on any atom is 0.160 e. The van der Waals surface area contributed by atoms with Gasteiger partial charge in [-0.1, -0.05) is 224 Å². The van der Waals surface area contributed by atoms with Gasteiger partial charge in [0.1, 0.15) is 0 Å². The fourth-order valence-corrected chi connectivity index (χ4v) is 10.3. The molecule has 2 heteroatoms. The van der Waals surface area contributed by atoms with Crippen molar-refractivity contribution in [1.82, 2.24) is 9.97 Å². The highest BCUT2D eigenvalue weighted by molar-refractivity contribution is 6.28. The van der Waals surface area contributed by atoms with Crippen LogP contribution in [0.1, 0.15) is 0 Å². The van der Waals surface area contributed by atoms with Crippen LogP contribution in [0.5, 0.6) is 0 Å². The first kappa shape index (κ1) is 39.4. The van der Waals surface area contributed by atoms with Gasteiger partial charge >= 0.3 is 0 Å². The smallest absolute Gasteiger partial charge is 0.160 e. The summed E-state index contributed by atoms with van der Waals surface area (Å²) in [6, 6.07) is 92.1. The third-order valence-electron chi connectivity index (χ3n) is 13.6. The number of fused-ring (bicyclic) bond motifs is 6. The van der Waals surface area contributed by atoms with Crippen molar-refractivity contribution >= 4 is 53.9 Å². The molecule has 0 saturated heterocycles. The molecule has 12 aromatic carbocycles. The Hall–Kier alpha value is -8.98. The van der Waals surface area contributed by atoms with Gasteiger partial charge in [-0.25, -0.2) is 9.97 Å². The SMILES string of the molecule is c1ccc(-c2nc(-c3ccc(-c4ccc5cc(-c6c7ccccc7c(-c7ccccc7)c7ccc8ccccc8c67)ccc5c4)cc3)cc(-c3cccc(-c4ccc5ccccc5c4)c3)n2)cc1. The molecule has 1 heterocycles. The van der Waals surface area contributed by atoms with Gasteiger partial charge in [-0.2, -0.15) is 0 Å². The van der Waals surface area contributed by atoms with E-state index in [9.17, 15) is 0 Å². The molecule has 0 N–H and O–H groups in total. The van der Waals surface area contributed by atoms with Crippen LogP contribution < -0.4 is 0 Å². The van der Waals surface area contributed by atoms with Crippen molar-refractivity contribution in [2.45, 2.75) is 0 Å². The summed E-state index contributed by atoms with van der Waals surface area (Å²) in [4.78, 5) is 10.3. The van der Waals surface area contributed by atoms with Gasteiger partial charge in [0.2, 0.25) is 0 Å². The second kappa shape index (κ2) is 16.5. The van der Waals surface area contributed by atoms with Crippen LogP contribution in [0.3, 0.4) is 0 Å². The lowest BCUT2D eigenvalue weighted by Gasteiger charge is -2.19. The van der Waals surface area contributed by atoms with Crippen molar-refractivity contribution in [1.29, 1.82) is 0 Å². The fraction of sp³-hybridized carbons (Fsp3) is 0. The number of benzene rings is 12. The number of nitrogens with zero attached hydrogens (tertiary/aromatic N) is 2. The second-order valence-corrected chi connectivity index (χ2v) is 17.7. The molecule has 0 spiro atoms. The zero-order valence-electron chi connectivity index (χ0n) is 37.1. The molecule has 0 bridgehead atoms.